The standard InChI is InChI=1S/C102H182O16/c1-6-11-16-21-26-31-36-41-46-51-56-61-66-71-76-81-91(103)111-86-89-96(108)100(116-95(107)85-80-75-70-65-60-55-50-45-40-35-30-25-20-15-10-5)102(117-89,88-113-93(105)83-78-73-68-63-58-53-48-43-38-33-28-23-18-13-8-3)118-101-98(110)97(109)99(115-94(106)84-79-74-69-64-59-54-49-44-39-34-29-24-19-14-9-4)90(114-101)87-112-92(104)82-77-72-67-62-57-52-47-42-37-32-27-22-17-12-7-2/h41-50,89-90,96-101,108-110H,6-40,51-88H2,1-5H3/b46-41-,47-42-,48-43-,49-44-,50-45-. The van der Waals surface area contributed by atoms with E-state index >= 15 is 0 Å². The van der Waals surface area contributed by atoms with E-state index in [0.717, 1.165) is 193 Å². The van der Waals surface area contributed by atoms with Crippen molar-refractivity contribution in [1.29, 1.82) is 0 Å². The number of rotatable bonds is 85. The van der Waals surface area contributed by atoms with E-state index in [1.54, 1.807) is 0 Å². The molecule has 2 saturated heterocycles. The second-order valence-corrected chi connectivity index (χ2v) is 34.7. The van der Waals surface area contributed by atoms with E-state index in [9.17, 15) is 39.3 Å². The molecule has 0 saturated carbocycles. The van der Waals surface area contributed by atoms with Crippen LogP contribution in [-0.4, -0.2) is 120 Å². The molecule has 0 aromatic rings. The predicted octanol–water partition coefficient (Wildman–Crippen LogP) is 27.5. The number of ether oxygens (including phenoxy) is 8. The summed E-state index contributed by atoms with van der Waals surface area (Å²) in [5.74, 6) is -5.43. The molecule has 0 aliphatic carbocycles. The Kier molecular flexibility index (Phi) is 75.6. The van der Waals surface area contributed by atoms with Gasteiger partial charge in [-0.05, 0) is 161 Å². The van der Waals surface area contributed by atoms with Gasteiger partial charge in [-0.2, -0.15) is 0 Å². The number of unbranched alkanes of at least 4 members (excludes halogenated alkanes) is 55. The first-order valence-corrected chi connectivity index (χ1v) is 50.0. The molecule has 16 nitrogen and oxygen atoms in total. The predicted molar refractivity (Wildman–Crippen MR) is 485 cm³/mol. The molecule has 686 valence electrons. The van der Waals surface area contributed by atoms with Gasteiger partial charge < -0.3 is 53.2 Å². The highest BCUT2D eigenvalue weighted by Crippen LogP contribution is 2.40. The van der Waals surface area contributed by atoms with Gasteiger partial charge in [0.25, 0.3) is 0 Å². The van der Waals surface area contributed by atoms with E-state index in [-0.39, 0.29) is 32.1 Å². The lowest BCUT2D eigenvalue weighted by Gasteiger charge is -2.45. The van der Waals surface area contributed by atoms with Crippen LogP contribution in [0.2, 0.25) is 0 Å². The quantitative estimate of drug-likeness (QED) is 0.0223. The monoisotopic (exact) mass is 1660 g/mol. The third-order valence-electron chi connectivity index (χ3n) is 23.4. The first-order chi connectivity index (χ1) is 57.9. The second-order valence-electron chi connectivity index (χ2n) is 34.7. The number of esters is 5. The molecule has 9 unspecified atom stereocenters. The summed E-state index contributed by atoms with van der Waals surface area (Å²) in [7, 11) is 0. The molecule has 16 heteroatoms. The fourth-order valence-corrected chi connectivity index (χ4v) is 15.7. The van der Waals surface area contributed by atoms with Crippen LogP contribution in [0.5, 0.6) is 0 Å². The molecule has 2 aliphatic rings. The van der Waals surface area contributed by atoms with Crippen LogP contribution in [0.25, 0.3) is 0 Å². The molecule has 0 radical (unpaired) electrons. The average molecular weight is 1660 g/mol. The molecule has 0 amide bonds. The number of carbonyl (C=O) groups is 5. The van der Waals surface area contributed by atoms with E-state index in [4.69, 9.17) is 37.9 Å². The van der Waals surface area contributed by atoms with Gasteiger partial charge in [0, 0.05) is 32.1 Å². The third-order valence-corrected chi connectivity index (χ3v) is 23.4. The fraction of sp³-hybridized carbons (Fsp3) is 0.853. The molecular weight excluding hydrogens is 1480 g/mol. The molecule has 0 bridgehead atoms. The number of aliphatic hydroxyl groups excluding tert-OH is 3. The van der Waals surface area contributed by atoms with Crippen molar-refractivity contribution in [3.8, 4) is 0 Å². The number of hydrogen-bond acceptors (Lipinski definition) is 16. The summed E-state index contributed by atoms with van der Waals surface area (Å²) < 4.78 is 49.9. The normalized spacial score (nSPS) is 19.6. The Morgan fingerprint density at radius 1 is 0.271 bits per heavy atom. The van der Waals surface area contributed by atoms with Gasteiger partial charge in [-0.15, -0.1) is 0 Å². The van der Waals surface area contributed by atoms with Crippen molar-refractivity contribution in [2.45, 2.75) is 539 Å². The van der Waals surface area contributed by atoms with Gasteiger partial charge in [-0.3, -0.25) is 24.0 Å². The molecule has 0 spiro atoms. The summed E-state index contributed by atoms with van der Waals surface area (Å²) in [6.45, 7) is 9.42. The smallest absolute Gasteiger partial charge is 0.306 e. The molecule has 9 atom stereocenters. The maximum atomic E-state index is 14.3. The molecule has 0 aromatic carbocycles. The number of hydrogen-bond donors (Lipinski definition) is 3. The Morgan fingerprint density at radius 2 is 0.508 bits per heavy atom. The fourth-order valence-electron chi connectivity index (χ4n) is 15.7. The van der Waals surface area contributed by atoms with Gasteiger partial charge in [-0.25, -0.2) is 0 Å². The van der Waals surface area contributed by atoms with Gasteiger partial charge in [0.2, 0.25) is 5.79 Å². The van der Waals surface area contributed by atoms with Crippen molar-refractivity contribution in [3.63, 3.8) is 0 Å². The third kappa shape index (κ3) is 62.0. The van der Waals surface area contributed by atoms with E-state index in [0.29, 0.717) is 32.1 Å². The van der Waals surface area contributed by atoms with Crippen molar-refractivity contribution in [2.75, 3.05) is 19.8 Å². The molecular formula is C102H182O16. The Hall–Kier alpha value is -4.19. The zero-order chi connectivity index (χ0) is 85.4. The number of allylic oxidation sites excluding steroid dienone is 10. The van der Waals surface area contributed by atoms with Crippen molar-refractivity contribution < 1.29 is 77.2 Å². The first kappa shape index (κ1) is 110. The number of carbonyl (C=O) groups excluding carboxylic acids is 5. The molecule has 118 heavy (non-hydrogen) atoms. The summed E-state index contributed by atoms with van der Waals surface area (Å²) in [5, 5.41) is 37.0. The Bertz CT molecular complexity index is 2480. The summed E-state index contributed by atoms with van der Waals surface area (Å²) in [6, 6.07) is 0. The minimum Gasteiger partial charge on any atom is -0.463 e. The van der Waals surface area contributed by atoms with Gasteiger partial charge >= 0.3 is 29.8 Å². The first-order valence-electron chi connectivity index (χ1n) is 50.0. The maximum absolute atomic E-state index is 14.3. The van der Waals surface area contributed by atoms with Crippen LogP contribution >= 0.6 is 0 Å². The molecule has 3 N–H and O–H groups in total. The van der Waals surface area contributed by atoms with Crippen molar-refractivity contribution in [1.82, 2.24) is 0 Å². The van der Waals surface area contributed by atoms with Gasteiger partial charge in [0.05, 0.1) is 0 Å². The van der Waals surface area contributed by atoms with Crippen molar-refractivity contribution >= 4 is 29.8 Å². The Balaban J connectivity index is 2.43. The van der Waals surface area contributed by atoms with E-state index in [2.05, 4.69) is 95.4 Å². The van der Waals surface area contributed by atoms with Gasteiger partial charge in [-0.1, -0.05) is 352 Å². The lowest BCUT2D eigenvalue weighted by atomic mass is 9.98. The average Bonchev–Trinajstić information content (AvgIpc) is 1.58. The van der Waals surface area contributed by atoms with Crippen molar-refractivity contribution in [3.05, 3.63) is 60.8 Å². The van der Waals surface area contributed by atoms with E-state index < -0.39 is 104 Å². The van der Waals surface area contributed by atoms with Crippen LogP contribution in [0.15, 0.2) is 60.8 Å². The zero-order valence-corrected chi connectivity index (χ0v) is 76.7. The molecule has 2 heterocycles. The molecule has 2 rings (SSSR count). The lowest BCUT2D eigenvalue weighted by Crippen LogP contribution is -2.64. The van der Waals surface area contributed by atoms with Crippen molar-refractivity contribution in [2.24, 2.45) is 0 Å². The molecule has 2 aliphatic heterocycles. The zero-order valence-electron chi connectivity index (χ0n) is 76.7. The minimum atomic E-state index is -2.44. The van der Waals surface area contributed by atoms with Crippen LogP contribution in [-0.2, 0) is 61.9 Å². The summed E-state index contributed by atoms with van der Waals surface area (Å²) >= 11 is 0. The van der Waals surface area contributed by atoms with Crippen LogP contribution < -0.4 is 0 Å². The highest BCUT2D eigenvalue weighted by Gasteiger charge is 2.62. The largest absolute Gasteiger partial charge is 0.463 e. The summed E-state index contributed by atoms with van der Waals surface area (Å²) in [4.78, 5) is 69.4. The Morgan fingerprint density at radius 3 is 0.797 bits per heavy atom. The second kappa shape index (κ2) is 81.2. The Labute approximate surface area is 722 Å². The van der Waals surface area contributed by atoms with Crippen LogP contribution in [0.1, 0.15) is 484 Å². The highest BCUT2D eigenvalue weighted by molar-refractivity contribution is 5.71. The van der Waals surface area contributed by atoms with E-state index in [1.807, 2.05) is 0 Å². The van der Waals surface area contributed by atoms with Crippen LogP contribution in [0, 0.1) is 0 Å². The van der Waals surface area contributed by atoms with Gasteiger partial charge in [0.1, 0.15) is 50.3 Å². The SMILES string of the molecule is CCCCCCCC/C=C\CCCCCCCC(=O)OCC1OC(COC(=O)CCCCCCC/C=C\CCCCCCCC)(OC2OC(COC(=O)CCCCCCC/C=C\CCCCCCCC)C(OC(=O)CCCCCCC/C=C\CCCCCCCC)C(O)C2O)C(OC(=O)CCCCCCC/C=C\CCCCCCCC)C1O. The van der Waals surface area contributed by atoms with Crippen LogP contribution in [0.3, 0.4) is 0 Å². The topological polar surface area (TPSA) is 220 Å². The molecule has 0 aromatic heterocycles. The summed E-state index contributed by atoms with van der Waals surface area (Å²) in [5.41, 5.74) is 0. The summed E-state index contributed by atoms with van der Waals surface area (Å²) in [6.07, 6.45) is 80.5. The lowest BCUT2D eigenvalue weighted by molar-refractivity contribution is -0.384. The van der Waals surface area contributed by atoms with E-state index in [1.165, 1.54) is 193 Å². The van der Waals surface area contributed by atoms with Gasteiger partial charge in [0.15, 0.2) is 18.5 Å². The maximum Gasteiger partial charge on any atom is 0.306 e. The minimum absolute atomic E-state index is 0.0297. The molecule has 2 fully saturated rings. The highest BCUT2D eigenvalue weighted by atomic mass is 16.8. The number of aliphatic hydroxyl groups is 3. The van der Waals surface area contributed by atoms with Crippen LogP contribution in [0.4, 0.5) is 0 Å².